The topological polar surface area (TPSA) is 52.0 Å². The molecule has 14 heavy (non-hydrogen) atoms. The maximum atomic E-state index is 5.55. The van der Waals surface area contributed by atoms with E-state index in [-0.39, 0.29) is 0 Å². The molecule has 0 spiro atoms. The van der Waals surface area contributed by atoms with Crippen molar-refractivity contribution in [2.45, 2.75) is 40.5 Å². The number of oxazole rings is 1. The normalized spacial score (nSPS) is 11.6. The Balaban J connectivity index is 2.80. The minimum absolute atomic E-state index is 0.302. The second-order valence-corrected chi connectivity index (χ2v) is 4.62. The standard InChI is InChI=1S/C11H20N2O/c1-7(2)5-9-10(6-8(3)4)14-11(12)13-9/h7-8H,5-6H2,1-4H3,(H2,12,13). The highest BCUT2D eigenvalue weighted by Crippen LogP contribution is 2.19. The van der Waals surface area contributed by atoms with Crippen molar-refractivity contribution in [2.75, 3.05) is 5.73 Å². The van der Waals surface area contributed by atoms with Gasteiger partial charge in [0, 0.05) is 6.42 Å². The first-order valence-corrected chi connectivity index (χ1v) is 5.23. The third-order valence-electron chi connectivity index (χ3n) is 1.99. The van der Waals surface area contributed by atoms with Crippen LogP contribution in [0.5, 0.6) is 0 Å². The van der Waals surface area contributed by atoms with Crippen LogP contribution in [0.25, 0.3) is 0 Å². The van der Waals surface area contributed by atoms with Crippen LogP contribution in [0.3, 0.4) is 0 Å². The summed E-state index contributed by atoms with van der Waals surface area (Å²) in [5.74, 6) is 2.13. The largest absolute Gasteiger partial charge is 0.429 e. The summed E-state index contributed by atoms with van der Waals surface area (Å²) in [5.41, 5.74) is 6.59. The molecule has 0 saturated heterocycles. The average molecular weight is 196 g/mol. The molecule has 2 N–H and O–H groups in total. The van der Waals surface area contributed by atoms with E-state index in [9.17, 15) is 0 Å². The molecule has 0 fully saturated rings. The van der Waals surface area contributed by atoms with Gasteiger partial charge in [0.25, 0.3) is 6.01 Å². The van der Waals surface area contributed by atoms with Crippen LogP contribution in [0, 0.1) is 11.8 Å². The fourth-order valence-electron chi connectivity index (χ4n) is 1.48. The van der Waals surface area contributed by atoms with Crippen LogP contribution in [0.4, 0.5) is 6.01 Å². The number of nitrogens with two attached hydrogens (primary N) is 1. The molecular weight excluding hydrogens is 176 g/mol. The summed E-state index contributed by atoms with van der Waals surface area (Å²) in [7, 11) is 0. The van der Waals surface area contributed by atoms with Gasteiger partial charge in [-0.3, -0.25) is 0 Å². The summed E-state index contributed by atoms with van der Waals surface area (Å²) in [6, 6.07) is 0.302. The quantitative estimate of drug-likeness (QED) is 0.805. The molecular formula is C11H20N2O. The lowest BCUT2D eigenvalue weighted by molar-refractivity contribution is 0.475. The van der Waals surface area contributed by atoms with E-state index >= 15 is 0 Å². The van der Waals surface area contributed by atoms with E-state index in [1.165, 1.54) is 0 Å². The summed E-state index contributed by atoms with van der Waals surface area (Å²) in [6.45, 7) is 8.67. The third kappa shape index (κ3) is 3.05. The zero-order valence-electron chi connectivity index (χ0n) is 9.50. The van der Waals surface area contributed by atoms with Crippen molar-refractivity contribution in [3.05, 3.63) is 11.5 Å². The van der Waals surface area contributed by atoms with Gasteiger partial charge >= 0.3 is 0 Å². The molecule has 0 amide bonds. The Labute approximate surface area is 85.7 Å². The molecule has 1 heterocycles. The fourth-order valence-corrected chi connectivity index (χ4v) is 1.48. The van der Waals surface area contributed by atoms with Gasteiger partial charge in [-0.2, -0.15) is 4.98 Å². The summed E-state index contributed by atoms with van der Waals surface area (Å²) in [6.07, 6.45) is 1.87. The monoisotopic (exact) mass is 196 g/mol. The highest BCUT2D eigenvalue weighted by Gasteiger charge is 2.13. The number of rotatable bonds is 4. The maximum Gasteiger partial charge on any atom is 0.292 e. The predicted octanol–water partition coefficient (Wildman–Crippen LogP) is 2.65. The molecule has 0 saturated carbocycles. The van der Waals surface area contributed by atoms with E-state index in [4.69, 9.17) is 10.2 Å². The first kappa shape index (κ1) is 11.1. The van der Waals surface area contributed by atoms with Gasteiger partial charge in [-0.05, 0) is 18.3 Å². The molecule has 80 valence electrons. The summed E-state index contributed by atoms with van der Waals surface area (Å²) in [4.78, 5) is 4.21. The van der Waals surface area contributed by atoms with Crippen molar-refractivity contribution in [2.24, 2.45) is 11.8 Å². The zero-order valence-corrected chi connectivity index (χ0v) is 9.50. The van der Waals surface area contributed by atoms with E-state index in [1.54, 1.807) is 0 Å². The van der Waals surface area contributed by atoms with Crippen LogP contribution in [0.15, 0.2) is 4.42 Å². The van der Waals surface area contributed by atoms with Crippen LogP contribution >= 0.6 is 0 Å². The van der Waals surface area contributed by atoms with Gasteiger partial charge in [-0.1, -0.05) is 27.7 Å². The zero-order chi connectivity index (χ0) is 10.7. The molecule has 0 unspecified atom stereocenters. The summed E-state index contributed by atoms with van der Waals surface area (Å²) in [5, 5.41) is 0. The van der Waals surface area contributed by atoms with Crippen molar-refractivity contribution in [3.8, 4) is 0 Å². The lowest BCUT2D eigenvalue weighted by atomic mass is 10.0. The first-order chi connectivity index (χ1) is 6.49. The van der Waals surface area contributed by atoms with Crippen LogP contribution in [-0.2, 0) is 12.8 Å². The van der Waals surface area contributed by atoms with Gasteiger partial charge in [-0.25, -0.2) is 0 Å². The maximum absolute atomic E-state index is 5.55. The lowest BCUT2D eigenvalue weighted by Gasteiger charge is -2.05. The number of nitrogen functional groups attached to an aromatic ring is 1. The summed E-state index contributed by atoms with van der Waals surface area (Å²) < 4.78 is 5.39. The minimum Gasteiger partial charge on any atom is -0.429 e. The molecule has 0 aliphatic rings. The molecule has 0 aromatic carbocycles. The molecule has 1 aromatic heterocycles. The molecule has 0 atom stereocenters. The fraction of sp³-hybridized carbons (Fsp3) is 0.727. The Morgan fingerprint density at radius 1 is 1.14 bits per heavy atom. The van der Waals surface area contributed by atoms with Crippen molar-refractivity contribution >= 4 is 6.01 Å². The van der Waals surface area contributed by atoms with Gasteiger partial charge in [-0.15, -0.1) is 0 Å². The predicted molar refractivity (Wildman–Crippen MR) is 58.0 cm³/mol. The van der Waals surface area contributed by atoms with E-state index < -0.39 is 0 Å². The molecule has 0 bridgehead atoms. The van der Waals surface area contributed by atoms with Crippen LogP contribution in [0.2, 0.25) is 0 Å². The van der Waals surface area contributed by atoms with Crippen LogP contribution in [-0.4, -0.2) is 4.98 Å². The number of anilines is 1. The van der Waals surface area contributed by atoms with Crippen molar-refractivity contribution < 1.29 is 4.42 Å². The van der Waals surface area contributed by atoms with Crippen molar-refractivity contribution in [3.63, 3.8) is 0 Å². The van der Waals surface area contributed by atoms with Crippen molar-refractivity contribution in [1.82, 2.24) is 4.98 Å². The highest BCUT2D eigenvalue weighted by molar-refractivity contribution is 5.20. The van der Waals surface area contributed by atoms with Gasteiger partial charge < -0.3 is 10.2 Å². The smallest absolute Gasteiger partial charge is 0.292 e. The van der Waals surface area contributed by atoms with Gasteiger partial charge in [0.05, 0.1) is 5.69 Å². The van der Waals surface area contributed by atoms with Crippen LogP contribution in [0.1, 0.15) is 39.1 Å². The van der Waals surface area contributed by atoms with Crippen molar-refractivity contribution in [1.29, 1.82) is 0 Å². The van der Waals surface area contributed by atoms with Crippen LogP contribution < -0.4 is 5.73 Å². The minimum atomic E-state index is 0.302. The lowest BCUT2D eigenvalue weighted by Crippen LogP contribution is -2.01. The Morgan fingerprint density at radius 2 is 1.71 bits per heavy atom. The van der Waals surface area contributed by atoms with E-state index in [2.05, 4.69) is 32.7 Å². The van der Waals surface area contributed by atoms with E-state index in [0.29, 0.717) is 17.9 Å². The van der Waals surface area contributed by atoms with Gasteiger partial charge in [0.15, 0.2) is 0 Å². The number of hydrogen-bond donors (Lipinski definition) is 1. The van der Waals surface area contributed by atoms with Gasteiger partial charge in [0.1, 0.15) is 5.76 Å². The number of nitrogens with zero attached hydrogens (tertiary/aromatic N) is 1. The molecule has 0 aliphatic carbocycles. The van der Waals surface area contributed by atoms with E-state index in [1.807, 2.05) is 0 Å². The molecule has 1 aromatic rings. The molecule has 3 heteroatoms. The Morgan fingerprint density at radius 3 is 2.21 bits per heavy atom. The Bertz CT molecular complexity index is 262. The average Bonchev–Trinajstić information content (AvgIpc) is 2.28. The third-order valence-corrected chi connectivity index (χ3v) is 1.99. The Kier molecular flexibility index (Phi) is 3.55. The Hall–Kier alpha value is -0.990. The summed E-state index contributed by atoms with van der Waals surface area (Å²) >= 11 is 0. The highest BCUT2D eigenvalue weighted by atomic mass is 16.4. The SMILES string of the molecule is CC(C)Cc1nc(N)oc1CC(C)C. The second kappa shape index (κ2) is 4.49. The number of hydrogen-bond acceptors (Lipinski definition) is 3. The van der Waals surface area contributed by atoms with E-state index in [0.717, 1.165) is 24.3 Å². The molecule has 0 radical (unpaired) electrons. The molecule has 3 nitrogen and oxygen atoms in total. The first-order valence-electron chi connectivity index (χ1n) is 5.23. The number of aromatic nitrogens is 1. The molecule has 0 aliphatic heterocycles. The van der Waals surface area contributed by atoms with Gasteiger partial charge in [0.2, 0.25) is 0 Å². The molecule has 1 rings (SSSR count). The second-order valence-electron chi connectivity index (χ2n) is 4.62.